The summed E-state index contributed by atoms with van der Waals surface area (Å²) in [7, 11) is 3.85. The monoisotopic (exact) mass is 850 g/mol. The molecule has 57 heavy (non-hydrogen) atoms. The maximum absolute atomic E-state index is 12.9. The third-order valence-corrected chi connectivity index (χ3v) is 12.4. The second-order valence-corrected chi connectivity index (χ2v) is 17.3. The van der Waals surface area contributed by atoms with Gasteiger partial charge in [-0.3, -0.25) is 9.59 Å². The molecule has 0 radical (unpaired) electrons. The maximum Gasteiger partial charge on any atom is 0.407 e. The van der Waals surface area contributed by atoms with Gasteiger partial charge >= 0.3 is 6.09 Å². The number of carbonyl (C=O) groups is 3. The van der Waals surface area contributed by atoms with Crippen molar-refractivity contribution >= 4 is 45.7 Å². The molecule has 0 saturated carbocycles. The van der Waals surface area contributed by atoms with E-state index in [9.17, 15) is 60.4 Å². The Balaban J connectivity index is 1.39. The van der Waals surface area contributed by atoms with Crippen LogP contribution in [-0.2, 0) is 30.3 Å². The van der Waals surface area contributed by atoms with Crippen LogP contribution < -0.4 is 16.0 Å². The number of alkyl carbamates (subject to hydrolysis) is 1. The van der Waals surface area contributed by atoms with Crippen molar-refractivity contribution in [1.29, 1.82) is 0 Å². The molecule has 11 N–H and O–H groups in total. The van der Waals surface area contributed by atoms with Crippen LogP contribution in [0.1, 0.15) is 63.5 Å². The Morgan fingerprint density at radius 2 is 1.70 bits per heavy atom. The lowest BCUT2D eigenvalue weighted by atomic mass is 9.98. The lowest BCUT2D eigenvalue weighted by molar-refractivity contribution is -0.539. The van der Waals surface area contributed by atoms with Crippen molar-refractivity contribution in [3.05, 3.63) is 40.6 Å². The highest BCUT2D eigenvalue weighted by atomic mass is 33.1. The Bertz CT molecular complexity index is 1420. The van der Waals surface area contributed by atoms with Gasteiger partial charge in [0, 0.05) is 56.5 Å². The first-order chi connectivity index (χ1) is 27.1. The number of amides is 3. The van der Waals surface area contributed by atoms with Gasteiger partial charge in [0.05, 0.1) is 13.2 Å². The van der Waals surface area contributed by atoms with Gasteiger partial charge in [-0.25, -0.2) is 9.53 Å². The van der Waals surface area contributed by atoms with E-state index in [2.05, 4.69) is 16.0 Å². The third-order valence-electron chi connectivity index (χ3n) is 9.35. The van der Waals surface area contributed by atoms with Crippen molar-refractivity contribution < 1.29 is 74.2 Å². The van der Waals surface area contributed by atoms with Gasteiger partial charge in [0.2, 0.25) is 11.4 Å². The van der Waals surface area contributed by atoms with E-state index in [0.29, 0.717) is 40.5 Å². The minimum atomic E-state index is -2.23. The van der Waals surface area contributed by atoms with Crippen molar-refractivity contribution in [2.24, 2.45) is 0 Å². The van der Waals surface area contributed by atoms with Crippen molar-refractivity contribution in [2.75, 3.05) is 38.7 Å². The second-order valence-electron chi connectivity index (χ2n) is 14.5. The molecule has 21 heteroatoms. The van der Waals surface area contributed by atoms with E-state index in [0.717, 1.165) is 19.3 Å². The van der Waals surface area contributed by atoms with Crippen molar-refractivity contribution in [2.45, 2.75) is 125 Å². The number of aliphatic hydroxyl groups is 8. The van der Waals surface area contributed by atoms with Crippen LogP contribution in [0.25, 0.3) is 0 Å². The summed E-state index contributed by atoms with van der Waals surface area (Å²) in [4.78, 5) is 37.0. The van der Waals surface area contributed by atoms with Crippen molar-refractivity contribution in [3.8, 4) is 0 Å². The molecule has 1 aromatic carbocycles. The van der Waals surface area contributed by atoms with Crippen LogP contribution in [0.15, 0.2) is 24.3 Å². The number of nitrogens with one attached hydrogen (secondary N) is 3. The average molecular weight is 851 g/mol. The fourth-order valence-corrected chi connectivity index (χ4v) is 8.70. The van der Waals surface area contributed by atoms with Crippen LogP contribution in [0.5, 0.6) is 0 Å². The van der Waals surface area contributed by atoms with Gasteiger partial charge in [-0.1, -0.05) is 40.1 Å². The van der Waals surface area contributed by atoms with Gasteiger partial charge in [0.1, 0.15) is 42.7 Å². The van der Waals surface area contributed by atoms with Gasteiger partial charge < -0.3 is 76.2 Å². The van der Waals surface area contributed by atoms with E-state index in [1.807, 2.05) is 21.6 Å². The van der Waals surface area contributed by atoms with Gasteiger partial charge in [-0.2, -0.15) is 0 Å². The number of nitrogens with zero attached hydrogens (tertiary/aromatic N) is 1. The largest absolute Gasteiger partial charge is 0.623 e. The SMILES string of the molecule is CC(C)(COC(=O)NCCCNC(=O)CCCCC1CCSS1)/[N+]([O-])=C/c1ccc(CNC(=O)C(O)C(O)C(OC2OC(CO)C(O)C(O)C2O)C(O)CO)cc1. The van der Waals surface area contributed by atoms with E-state index < -0.39 is 85.9 Å². The topological polar surface area (TPSA) is 303 Å². The second kappa shape index (κ2) is 24.3. The summed E-state index contributed by atoms with van der Waals surface area (Å²) in [5, 5.41) is 102. The third kappa shape index (κ3) is 15.7. The molecule has 10 unspecified atom stereocenters. The molecule has 3 rings (SSSR count). The van der Waals surface area contributed by atoms with Gasteiger partial charge in [0.25, 0.3) is 5.91 Å². The van der Waals surface area contributed by atoms with Crippen LogP contribution in [0.4, 0.5) is 4.79 Å². The smallest absolute Gasteiger partial charge is 0.407 e. The molecule has 2 heterocycles. The maximum atomic E-state index is 12.9. The molecule has 19 nitrogen and oxygen atoms in total. The predicted octanol–water partition coefficient (Wildman–Crippen LogP) is -1.78. The fraction of sp³-hybridized carbons (Fsp3) is 0.722. The standard InChI is InChI=1S/C36H58N4O15S2/c1-36(2,20-53-35(51)38-14-5-13-37-26(44)7-4-3-6-23-12-15-56-57-23)40(52)17-22-10-8-21(9-11-22)16-39-33(50)30(48)29(47)32(24(43)18-41)55-34-31(49)28(46)27(45)25(19-42)54-34/h8-11,17,23-25,27-32,34,41-43,45-49H,3-7,12-16,18-20H2,1-2H3,(H,37,44)(H,38,51)(H,39,50)/b40-17-. The van der Waals surface area contributed by atoms with Crippen LogP contribution in [0, 0.1) is 5.21 Å². The molecule has 3 amide bonds. The highest BCUT2D eigenvalue weighted by Crippen LogP contribution is 2.39. The van der Waals surface area contributed by atoms with Crippen LogP contribution >= 0.6 is 21.6 Å². The Morgan fingerprint density at radius 3 is 2.35 bits per heavy atom. The molecule has 1 aromatic rings. The molecule has 0 bridgehead atoms. The summed E-state index contributed by atoms with van der Waals surface area (Å²) in [6.07, 6.45) is -11.2. The number of hydroxylamine groups is 1. The lowest BCUT2D eigenvalue weighted by Crippen LogP contribution is -2.62. The van der Waals surface area contributed by atoms with E-state index in [1.54, 1.807) is 38.1 Å². The summed E-state index contributed by atoms with van der Waals surface area (Å²) in [5.74, 6) is 0.0858. The van der Waals surface area contributed by atoms with Crippen LogP contribution in [-0.4, -0.2) is 174 Å². The fourth-order valence-electron chi connectivity index (χ4n) is 5.67. The Hall–Kier alpha value is -2.80. The first-order valence-electron chi connectivity index (χ1n) is 18.8. The Labute approximate surface area is 339 Å². The molecular weight excluding hydrogens is 793 g/mol. The molecule has 0 spiro atoms. The normalized spacial score (nSPS) is 24.9. The Kier molecular flexibility index (Phi) is 20.7. The van der Waals surface area contributed by atoms with Crippen LogP contribution in [0.3, 0.4) is 0 Å². The lowest BCUT2D eigenvalue weighted by Gasteiger charge is -2.42. The Morgan fingerprint density at radius 1 is 1.00 bits per heavy atom. The molecule has 2 aliphatic heterocycles. The first-order valence-corrected chi connectivity index (χ1v) is 21.2. The molecule has 0 aliphatic carbocycles. The zero-order valence-corrected chi connectivity index (χ0v) is 33.7. The van der Waals surface area contributed by atoms with E-state index in [1.165, 1.54) is 18.4 Å². The van der Waals surface area contributed by atoms with E-state index in [-0.39, 0.29) is 25.6 Å². The summed E-state index contributed by atoms with van der Waals surface area (Å²) >= 11 is 0. The van der Waals surface area contributed by atoms with Gasteiger partial charge in [0.15, 0.2) is 25.2 Å². The first kappa shape index (κ1) is 48.6. The highest BCUT2D eigenvalue weighted by molar-refractivity contribution is 8.77. The zero-order valence-electron chi connectivity index (χ0n) is 32.1. The number of aliphatic hydroxyl groups excluding tert-OH is 8. The predicted molar refractivity (Wildman–Crippen MR) is 209 cm³/mol. The highest BCUT2D eigenvalue weighted by Gasteiger charge is 2.47. The number of rotatable bonds is 23. The number of unbranched alkanes of at least 4 members (excludes halogenated alkanes) is 1. The van der Waals surface area contributed by atoms with Gasteiger partial charge in [-0.15, -0.1) is 0 Å². The quantitative estimate of drug-likeness (QED) is 0.0145. The summed E-state index contributed by atoms with van der Waals surface area (Å²) in [6, 6.07) is 6.32. The molecule has 2 fully saturated rings. The summed E-state index contributed by atoms with van der Waals surface area (Å²) in [5.41, 5.74) is -0.137. The van der Waals surface area contributed by atoms with Crippen molar-refractivity contribution in [3.63, 3.8) is 0 Å². The number of carbonyl (C=O) groups excluding carboxylic acids is 3. The molecule has 10 atom stereocenters. The molecular formula is C36H58N4O15S2. The van der Waals surface area contributed by atoms with Crippen molar-refractivity contribution in [1.82, 2.24) is 16.0 Å². The summed E-state index contributed by atoms with van der Waals surface area (Å²) < 4.78 is 16.4. The number of hydrogen-bond donors (Lipinski definition) is 11. The van der Waals surface area contributed by atoms with E-state index >= 15 is 0 Å². The number of benzene rings is 1. The average Bonchev–Trinajstić information content (AvgIpc) is 3.73. The zero-order chi connectivity index (χ0) is 42.1. The molecule has 2 saturated heterocycles. The molecule has 2 aliphatic rings. The number of hydrogen-bond acceptors (Lipinski definition) is 17. The van der Waals surface area contributed by atoms with Crippen LogP contribution in [0.2, 0.25) is 0 Å². The van der Waals surface area contributed by atoms with E-state index in [4.69, 9.17) is 14.2 Å². The van der Waals surface area contributed by atoms with Gasteiger partial charge in [-0.05, 0) is 43.4 Å². The number of ether oxygens (including phenoxy) is 3. The minimum absolute atomic E-state index is 0.00814. The molecule has 324 valence electrons. The minimum Gasteiger partial charge on any atom is -0.623 e. The summed E-state index contributed by atoms with van der Waals surface area (Å²) in [6.45, 7) is 1.70. The molecule has 0 aromatic heterocycles.